The number of benzene rings is 2. The van der Waals surface area contributed by atoms with Gasteiger partial charge in [-0.1, -0.05) is 74.5 Å². The van der Waals surface area contributed by atoms with Crippen molar-refractivity contribution in [1.29, 1.82) is 0 Å². The molecule has 4 amide bonds. The highest BCUT2D eigenvalue weighted by molar-refractivity contribution is 5.88. The number of ether oxygens (including phenoxy) is 2. The van der Waals surface area contributed by atoms with Gasteiger partial charge in [-0.15, -0.1) is 0 Å². The summed E-state index contributed by atoms with van der Waals surface area (Å²) >= 11 is 0. The number of aromatic amines is 2. The fraction of sp³-hybridized carbons (Fsp3) is 0.467. The highest BCUT2D eigenvalue weighted by Crippen LogP contribution is 2.54. The average Bonchev–Trinajstić information content (AvgIpc) is 3.84. The molecule has 2 aromatic heterocycles. The molecule has 4 aromatic rings. The largest absolute Gasteiger partial charge is 0.465 e. The van der Waals surface area contributed by atoms with Crippen molar-refractivity contribution in [3.05, 3.63) is 83.7 Å². The molecule has 15 heteroatoms. The Balaban J connectivity index is 0.828. The Morgan fingerprint density at radius 1 is 0.767 bits per heavy atom. The summed E-state index contributed by atoms with van der Waals surface area (Å²) in [6.07, 6.45) is 10.9. The van der Waals surface area contributed by atoms with Gasteiger partial charge in [0.05, 0.1) is 30.6 Å². The van der Waals surface area contributed by atoms with Crippen molar-refractivity contribution in [2.45, 2.75) is 88.6 Å². The zero-order valence-electron chi connectivity index (χ0n) is 34.0. The Morgan fingerprint density at radius 2 is 1.27 bits per heavy atom. The topological polar surface area (TPSA) is 195 Å². The molecular formula is C45H52N8O7. The first kappa shape index (κ1) is 39.5. The Hall–Kier alpha value is -5.96. The molecule has 2 aromatic carbocycles. The molecule has 15 nitrogen and oxygen atoms in total. The van der Waals surface area contributed by atoms with Gasteiger partial charge in [0.25, 0.3) is 0 Å². The highest BCUT2D eigenvalue weighted by atomic mass is 16.5. The van der Waals surface area contributed by atoms with Gasteiger partial charge < -0.3 is 45.0 Å². The molecule has 8 atom stereocenters. The van der Waals surface area contributed by atoms with E-state index < -0.39 is 24.3 Å². The second-order valence-corrected chi connectivity index (χ2v) is 17.3. The van der Waals surface area contributed by atoms with Gasteiger partial charge in [-0.25, -0.2) is 19.6 Å². The number of piperidine rings is 2. The molecular weight excluding hydrogens is 765 g/mol. The average molecular weight is 817 g/mol. The Morgan fingerprint density at radius 3 is 1.73 bits per heavy atom. The summed E-state index contributed by atoms with van der Waals surface area (Å²) in [4.78, 5) is 71.9. The molecule has 3 aliphatic heterocycles. The SMILES string of the molecule is COC(=O)N[C@H](C(=O)N1C2C[C@@H]2C[C@H]1c1nc(-c2ccc(/C=C/c3ccc(-c4c[nH]c([C@@H]5C[C@H]6C[C@H]6N5C(=O)[C@@H](NC(=O)O)C5CCOCC5)n4)cc3)cc2)c[nH]1)C(C)C. The first-order valence-electron chi connectivity index (χ1n) is 21.1. The summed E-state index contributed by atoms with van der Waals surface area (Å²) in [5.74, 6) is 1.87. The van der Waals surface area contributed by atoms with Crippen LogP contribution in [0.15, 0.2) is 60.9 Å². The monoisotopic (exact) mass is 816 g/mol. The molecule has 9 rings (SSSR count). The second kappa shape index (κ2) is 16.2. The van der Waals surface area contributed by atoms with Crippen LogP contribution in [0, 0.1) is 23.7 Å². The Kier molecular flexibility index (Phi) is 10.7. The lowest BCUT2D eigenvalue weighted by atomic mass is 9.90. The fourth-order valence-corrected chi connectivity index (χ4v) is 9.65. The van der Waals surface area contributed by atoms with Crippen molar-refractivity contribution in [2.75, 3.05) is 20.3 Å². The van der Waals surface area contributed by atoms with Gasteiger partial charge in [0.1, 0.15) is 23.7 Å². The lowest BCUT2D eigenvalue weighted by molar-refractivity contribution is -0.138. The third kappa shape index (κ3) is 7.89. The number of carbonyl (C=O) groups is 4. The normalized spacial score (nSPS) is 25.5. The van der Waals surface area contributed by atoms with Crippen molar-refractivity contribution in [2.24, 2.45) is 23.7 Å². The minimum atomic E-state index is -1.19. The molecule has 0 radical (unpaired) electrons. The van der Waals surface area contributed by atoms with Gasteiger partial charge in [-0.2, -0.15) is 0 Å². The van der Waals surface area contributed by atoms with Gasteiger partial charge >= 0.3 is 12.2 Å². The lowest BCUT2D eigenvalue weighted by Crippen LogP contribution is -2.53. The van der Waals surface area contributed by atoms with E-state index in [1.807, 2.05) is 72.4 Å². The van der Waals surface area contributed by atoms with E-state index in [4.69, 9.17) is 19.4 Å². The molecule has 0 spiro atoms. The minimum absolute atomic E-state index is 0.0980. The van der Waals surface area contributed by atoms with Crippen LogP contribution in [-0.2, 0) is 19.1 Å². The first-order valence-corrected chi connectivity index (χ1v) is 21.1. The number of methoxy groups -OCH3 is 1. The number of H-pyrrole nitrogens is 2. The lowest BCUT2D eigenvalue weighted by Gasteiger charge is -2.35. The van der Waals surface area contributed by atoms with Gasteiger partial charge in [0.15, 0.2) is 0 Å². The fourth-order valence-electron chi connectivity index (χ4n) is 9.65. The van der Waals surface area contributed by atoms with Crippen molar-refractivity contribution >= 4 is 36.2 Å². The molecule has 3 saturated heterocycles. The van der Waals surface area contributed by atoms with Gasteiger partial charge in [-0.3, -0.25) is 9.59 Å². The number of nitrogens with zero attached hydrogens (tertiary/aromatic N) is 4. The molecule has 5 fully saturated rings. The van der Waals surface area contributed by atoms with E-state index in [2.05, 4.69) is 44.9 Å². The zero-order valence-corrected chi connectivity index (χ0v) is 34.0. The van der Waals surface area contributed by atoms with Crippen LogP contribution in [0.4, 0.5) is 9.59 Å². The zero-order chi connectivity index (χ0) is 41.7. The van der Waals surface area contributed by atoms with Crippen molar-refractivity contribution < 1.29 is 33.8 Å². The molecule has 60 heavy (non-hydrogen) atoms. The van der Waals surface area contributed by atoms with Crippen LogP contribution in [-0.4, -0.2) is 103 Å². The first-order chi connectivity index (χ1) is 29.1. The van der Waals surface area contributed by atoms with Crippen LogP contribution in [0.25, 0.3) is 34.7 Å². The number of alkyl carbamates (subject to hydrolysis) is 1. The summed E-state index contributed by atoms with van der Waals surface area (Å²) in [6.45, 7) is 4.88. The molecule has 5 aliphatic rings. The standard InChI is InChI=1S/C45H52N8O7/c1-24(2)38(51-45(58)59-3)42(54)52-34-18-30(34)20-36(52)40-46-22-32(48-40)27-10-6-25(7-11-27)4-5-26-8-12-28(13-9-26)33-23-47-41(49-33)37-21-31-19-35(31)53(37)43(55)39(50-44(56)57)29-14-16-60-17-15-29/h4-13,22-24,29-31,34-39,50H,14-21H2,1-3H3,(H,46,48)(H,47,49)(H,51,58)(H,56,57)/b5-4+/t30-,31-,34?,35-,36+,37+,38+,39+/m1/s1. The molecule has 0 bridgehead atoms. The van der Waals surface area contributed by atoms with Crippen LogP contribution in [0.3, 0.4) is 0 Å². The maximum atomic E-state index is 14.0. The number of hydrogen-bond acceptors (Lipinski definition) is 8. The van der Waals surface area contributed by atoms with Crippen molar-refractivity contribution in [1.82, 2.24) is 40.4 Å². The minimum Gasteiger partial charge on any atom is -0.465 e. The smallest absolute Gasteiger partial charge is 0.407 e. The third-order valence-electron chi connectivity index (χ3n) is 13.1. The maximum Gasteiger partial charge on any atom is 0.407 e. The van der Waals surface area contributed by atoms with Crippen LogP contribution >= 0.6 is 0 Å². The molecule has 314 valence electrons. The van der Waals surface area contributed by atoms with Crippen molar-refractivity contribution in [3.8, 4) is 22.5 Å². The predicted molar refractivity (Wildman–Crippen MR) is 222 cm³/mol. The quantitative estimate of drug-likeness (QED) is 0.101. The van der Waals surface area contributed by atoms with E-state index in [1.54, 1.807) is 0 Å². The summed E-state index contributed by atoms with van der Waals surface area (Å²) in [7, 11) is 1.30. The van der Waals surface area contributed by atoms with Gasteiger partial charge in [-0.05, 0) is 73.3 Å². The van der Waals surface area contributed by atoms with Crippen LogP contribution in [0.2, 0.25) is 0 Å². The number of hydrogen-bond donors (Lipinski definition) is 5. The highest BCUT2D eigenvalue weighted by Gasteiger charge is 2.57. The summed E-state index contributed by atoms with van der Waals surface area (Å²) < 4.78 is 10.3. The van der Waals surface area contributed by atoms with E-state index in [0.29, 0.717) is 37.9 Å². The van der Waals surface area contributed by atoms with Crippen molar-refractivity contribution in [3.63, 3.8) is 0 Å². The molecule has 2 saturated carbocycles. The van der Waals surface area contributed by atoms with E-state index in [-0.39, 0.29) is 47.8 Å². The van der Waals surface area contributed by atoms with Crippen LogP contribution in [0.1, 0.15) is 87.2 Å². The second-order valence-electron chi connectivity index (χ2n) is 17.3. The number of carboxylic acid groups (broad SMARTS) is 1. The number of likely N-dealkylation sites (tertiary alicyclic amines) is 2. The van der Waals surface area contributed by atoms with Gasteiger partial charge in [0.2, 0.25) is 11.8 Å². The predicted octanol–water partition coefficient (Wildman–Crippen LogP) is 6.40. The van der Waals surface area contributed by atoms with Gasteiger partial charge in [0, 0.05) is 48.8 Å². The maximum absolute atomic E-state index is 14.0. The van der Waals surface area contributed by atoms with Crippen LogP contribution in [0.5, 0.6) is 0 Å². The number of amides is 4. The molecule has 2 aliphatic carbocycles. The molecule has 5 heterocycles. The molecule has 1 unspecified atom stereocenters. The summed E-state index contributed by atoms with van der Waals surface area (Å²) in [5.41, 5.74) is 5.57. The molecule has 5 N–H and O–H groups in total. The number of fused-ring (bicyclic) bond motifs is 2. The van der Waals surface area contributed by atoms with E-state index in [9.17, 15) is 24.3 Å². The number of aromatic nitrogens is 4. The summed E-state index contributed by atoms with van der Waals surface area (Å²) in [6, 6.07) is 14.8. The Labute approximate surface area is 348 Å². The third-order valence-corrected chi connectivity index (χ3v) is 13.1. The number of carbonyl (C=O) groups excluding carboxylic acids is 3. The van der Waals surface area contributed by atoms with Crippen LogP contribution < -0.4 is 10.6 Å². The van der Waals surface area contributed by atoms with E-state index in [0.717, 1.165) is 71.0 Å². The summed E-state index contributed by atoms with van der Waals surface area (Å²) in [5, 5.41) is 14.9. The Bertz CT molecular complexity index is 2260. The number of rotatable bonds is 12. The van der Waals surface area contributed by atoms with E-state index >= 15 is 0 Å². The number of imidazole rings is 2. The number of nitrogens with one attached hydrogen (secondary N) is 4. The van der Waals surface area contributed by atoms with E-state index in [1.165, 1.54) is 7.11 Å².